The van der Waals surface area contributed by atoms with Gasteiger partial charge in [0.15, 0.2) is 5.82 Å². The van der Waals surface area contributed by atoms with Crippen LogP contribution in [-0.4, -0.2) is 15.0 Å². The molecule has 64 heavy (non-hydrogen) atoms. The Hall–Kier alpha value is -8.21. The minimum absolute atomic E-state index is 0.221. The van der Waals surface area contributed by atoms with Crippen LogP contribution in [-0.2, 0) is 5.41 Å². The van der Waals surface area contributed by atoms with Crippen molar-refractivity contribution < 1.29 is 4.74 Å². The molecule has 0 atom stereocenters. The monoisotopic (exact) mass is 819 g/mol. The van der Waals surface area contributed by atoms with Crippen LogP contribution < -0.4 is 4.74 Å². The van der Waals surface area contributed by atoms with E-state index in [2.05, 4.69) is 207 Å². The molecule has 0 spiro atoms. The standard InChI is InChI=1S/C60H41N3O/c1-60(2)53-24-12-10-22-48(53)51-34-52-50-33-41(56-36-55(39-15-4-3-5-16-39)62-59(63-56)40-28-26-38(27-29-40)42-17-14-32-61-37-42)30-31-47(50)45-20-7-6-18-43(45)44-19-8-9-21-46(44)49-23-11-13-25-57(49)64-58(52)35-54(51)60/h3-37H,1-2H3. The predicted octanol–water partition coefficient (Wildman–Crippen LogP) is 15.6. The summed E-state index contributed by atoms with van der Waals surface area (Å²) in [5.41, 5.74) is 20.4. The third-order valence-electron chi connectivity index (χ3n) is 13.1. The number of nitrogens with zero attached hydrogens (tertiary/aromatic N) is 3. The Bertz CT molecular complexity index is 3430. The number of ether oxygens (including phenoxy) is 1. The second kappa shape index (κ2) is 15.0. The lowest BCUT2D eigenvalue weighted by atomic mass is 9.81. The molecule has 12 rings (SSSR count). The van der Waals surface area contributed by atoms with Crippen LogP contribution in [0.2, 0.25) is 0 Å². The third kappa shape index (κ3) is 6.26. The molecule has 2 aromatic heterocycles. The summed E-state index contributed by atoms with van der Waals surface area (Å²) < 4.78 is 7.32. The molecule has 302 valence electrons. The molecule has 0 unspecified atom stereocenters. The van der Waals surface area contributed by atoms with Gasteiger partial charge in [0, 0.05) is 45.6 Å². The molecule has 0 radical (unpaired) electrons. The molecule has 0 amide bonds. The molecule has 0 saturated carbocycles. The van der Waals surface area contributed by atoms with Gasteiger partial charge >= 0.3 is 0 Å². The van der Waals surface area contributed by atoms with E-state index in [0.29, 0.717) is 5.82 Å². The highest BCUT2D eigenvalue weighted by Gasteiger charge is 2.37. The van der Waals surface area contributed by atoms with Gasteiger partial charge < -0.3 is 4.74 Å². The summed E-state index contributed by atoms with van der Waals surface area (Å²) in [6.07, 6.45) is 3.68. The number of hydrogen-bond donors (Lipinski definition) is 0. The molecule has 3 heterocycles. The molecule has 0 N–H and O–H groups in total. The quantitative estimate of drug-likeness (QED) is 0.177. The maximum absolute atomic E-state index is 7.32. The largest absolute Gasteiger partial charge is 0.456 e. The Morgan fingerprint density at radius 2 is 0.906 bits per heavy atom. The van der Waals surface area contributed by atoms with Crippen LogP contribution >= 0.6 is 0 Å². The summed E-state index contributed by atoms with van der Waals surface area (Å²) in [4.78, 5) is 14.9. The summed E-state index contributed by atoms with van der Waals surface area (Å²) in [7, 11) is 0. The van der Waals surface area contributed by atoms with Crippen LogP contribution in [0.3, 0.4) is 0 Å². The van der Waals surface area contributed by atoms with Crippen molar-refractivity contribution in [3.63, 3.8) is 0 Å². The van der Waals surface area contributed by atoms with Gasteiger partial charge in [-0.15, -0.1) is 0 Å². The van der Waals surface area contributed by atoms with Crippen molar-refractivity contribution in [2.24, 2.45) is 0 Å². The van der Waals surface area contributed by atoms with Crippen molar-refractivity contribution in [3.05, 3.63) is 224 Å². The van der Waals surface area contributed by atoms with Gasteiger partial charge in [-0.05, 0) is 103 Å². The molecule has 2 aliphatic rings. The number of para-hydroxylation sites is 1. The summed E-state index contributed by atoms with van der Waals surface area (Å²) in [5.74, 6) is 2.28. The highest BCUT2D eigenvalue weighted by Crippen LogP contribution is 2.55. The van der Waals surface area contributed by atoms with E-state index in [0.717, 1.165) is 95.2 Å². The van der Waals surface area contributed by atoms with Gasteiger partial charge in [-0.3, -0.25) is 4.98 Å². The molecule has 4 heteroatoms. The first-order chi connectivity index (χ1) is 31.5. The van der Waals surface area contributed by atoms with Crippen molar-refractivity contribution in [1.82, 2.24) is 15.0 Å². The molecule has 0 saturated heterocycles. The maximum Gasteiger partial charge on any atom is 0.160 e. The summed E-state index contributed by atoms with van der Waals surface area (Å²) in [5, 5.41) is 0. The number of rotatable bonds is 4. The van der Waals surface area contributed by atoms with E-state index in [1.165, 1.54) is 22.3 Å². The van der Waals surface area contributed by atoms with Crippen molar-refractivity contribution in [3.8, 4) is 112 Å². The van der Waals surface area contributed by atoms with Crippen LogP contribution in [0, 0.1) is 0 Å². The van der Waals surface area contributed by atoms with Crippen LogP contribution in [0.15, 0.2) is 213 Å². The lowest BCUT2D eigenvalue weighted by molar-refractivity contribution is 0.484. The van der Waals surface area contributed by atoms with E-state index in [-0.39, 0.29) is 5.41 Å². The van der Waals surface area contributed by atoms with Gasteiger partial charge in [0.1, 0.15) is 11.5 Å². The minimum Gasteiger partial charge on any atom is -0.456 e. The van der Waals surface area contributed by atoms with Crippen molar-refractivity contribution >= 4 is 0 Å². The van der Waals surface area contributed by atoms with Gasteiger partial charge in [-0.1, -0.05) is 178 Å². The molecule has 10 aromatic rings. The predicted molar refractivity (Wildman–Crippen MR) is 261 cm³/mol. The SMILES string of the molecule is CC1(C)c2ccccc2-c2cc3c(cc21)Oc1ccccc1-c1ccccc1-c1ccccc1-c1ccc(-c2cc(-c4ccccc4)nc(-c4ccc(-c5cccnc5)cc4)n2)cc1-3. The zero-order valence-electron chi connectivity index (χ0n) is 35.5. The van der Waals surface area contributed by atoms with Crippen LogP contribution in [0.1, 0.15) is 25.0 Å². The molecular weight excluding hydrogens is 779 g/mol. The van der Waals surface area contributed by atoms with Crippen molar-refractivity contribution in [2.45, 2.75) is 19.3 Å². The topological polar surface area (TPSA) is 47.9 Å². The Labute approximate surface area is 373 Å². The number of benzene rings is 8. The van der Waals surface area contributed by atoms with Gasteiger partial charge in [0.05, 0.1) is 11.4 Å². The van der Waals surface area contributed by atoms with E-state index < -0.39 is 0 Å². The van der Waals surface area contributed by atoms with Crippen molar-refractivity contribution in [2.75, 3.05) is 0 Å². The highest BCUT2D eigenvalue weighted by molar-refractivity contribution is 6.00. The highest BCUT2D eigenvalue weighted by atomic mass is 16.5. The van der Waals surface area contributed by atoms with Gasteiger partial charge in [0.2, 0.25) is 0 Å². The Morgan fingerprint density at radius 1 is 0.344 bits per heavy atom. The fraction of sp³-hybridized carbons (Fsp3) is 0.0500. The smallest absolute Gasteiger partial charge is 0.160 e. The molecule has 0 bridgehead atoms. The molecule has 1 aliphatic carbocycles. The molecule has 8 aromatic carbocycles. The number of pyridine rings is 1. The molecule has 1 aliphatic heterocycles. The maximum atomic E-state index is 7.32. The van der Waals surface area contributed by atoms with Gasteiger partial charge in [0.25, 0.3) is 0 Å². The first-order valence-electron chi connectivity index (χ1n) is 21.8. The molecule has 4 nitrogen and oxygen atoms in total. The second-order valence-electron chi connectivity index (χ2n) is 17.2. The fourth-order valence-electron chi connectivity index (χ4n) is 9.81. The van der Waals surface area contributed by atoms with E-state index in [1.54, 1.807) is 6.20 Å². The summed E-state index contributed by atoms with van der Waals surface area (Å²) in [6.45, 7) is 4.65. The van der Waals surface area contributed by atoms with Crippen LogP contribution in [0.5, 0.6) is 11.5 Å². The first-order valence-corrected chi connectivity index (χ1v) is 21.8. The van der Waals surface area contributed by atoms with Crippen molar-refractivity contribution in [1.29, 1.82) is 0 Å². The average molecular weight is 820 g/mol. The summed E-state index contributed by atoms with van der Waals surface area (Å²) in [6, 6.07) is 71.2. The zero-order valence-corrected chi connectivity index (χ0v) is 35.5. The number of fused-ring (bicyclic) bond motifs is 12. The molecular formula is C60H41N3O. The summed E-state index contributed by atoms with van der Waals surface area (Å²) >= 11 is 0. The fourth-order valence-corrected chi connectivity index (χ4v) is 9.81. The van der Waals surface area contributed by atoms with Gasteiger partial charge in [-0.2, -0.15) is 0 Å². The number of aromatic nitrogens is 3. The minimum atomic E-state index is -0.221. The molecule has 0 fully saturated rings. The van der Waals surface area contributed by atoms with Gasteiger partial charge in [-0.25, -0.2) is 9.97 Å². The van der Waals surface area contributed by atoms with E-state index in [1.807, 2.05) is 18.3 Å². The van der Waals surface area contributed by atoms with Crippen LogP contribution in [0.4, 0.5) is 0 Å². The van der Waals surface area contributed by atoms with Crippen LogP contribution in [0.25, 0.3) is 101 Å². The Kier molecular flexibility index (Phi) is 8.80. The van der Waals surface area contributed by atoms with E-state index in [9.17, 15) is 0 Å². The third-order valence-corrected chi connectivity index (χ3v) is 13.1. The lowest BCUT2D eigenvalue weighted by Gasteiger charge is -2.24. The first kappa shape index (κ1) is 37.5. The normalized spacial score (nSPS) is 12.8. The Balaban J connectivity index is 1.13. The lowest BCUT2D eigenvalue weighted by Crippen LogP contribution is -2.15. The average Bonchev–Trinajstić information content (AvgIpc) is 3.58. The van der Waals surface area contributed by atoms with E-state index in [4.69, 9.17) is 14.7 Å². The Morgan fingerprint density at radius 3 is 1.61 bits per heavy atom. The number of hydrogen-bond acceptors (Lipinski definition) is 4. The zero-order chi connectivity index (χ0) is 42.8. The second-order valence-corrected chi connectivity index (χ2v) is 17.2. The van der Waals surface area contributed by atoms with E-state index >= 15 is 0 Å².